The highest BCUT2D eigenvalue weighted by atomic mass is 15.0. The average Bonchev–Trinajstić information content (AvgIpc) is 3.34. The van der Waals surface area contributed by atoms with Crippen molar-refractivity contribution in [2.45, 2.75) is 0 Å². The molecule has 0 saturated heterocycles. The molecule has 0 bridgehead atoms. The maximum absolute atomic E-state index is 9.54. The van der Waals surface area contributed by atoms with Crippen LogP contribution < -0.4 is 0 Å². The van der Waals surface area contributed by atoms with Crippen molar-refractivity contribution < 1.29 is 0 Å². The van der Waals surface area contributed by atoms with Crippen molar-refractivity contribution in [3.63, 3.8) is 0 Å². The molecule has 0 aliphatic heterocycles. The molecule has 8 rings (SSSR count). The highest BCUT2D eigenvalue weighted by molar-refractivity contribution is 6.25. The second-order valence-electron chi connectivity index (χ2n) is 10.1. The number of nitrogens with zero attached hydrogens (tertiary/aromatic N) is 2. The Kier molecular flexibility index (Phi) is 4.62. The first kappa shape index (κ1) is 21.7. The van der Waals surface area contributed by atoms with E-state index in [1.54, 1.807) is 0 Å². The van der Waals surface area contributed by atoms with Crippen LogP contribution in [-0.2, 0) is 0 Å². The van der Waals surface area contributed by atoms with Gasteiger partial charge in [-0.05, 0) is 79.8 Å². The number of rotatable bonds is 2. The van der Waals surface area contributed by atoms with Crippen LogP contribution in [0.5, 0.6) is 0 Å². The van der Waals surface area contributed by atoms with Crippen LogP contribution in [0.3, 0.4) is 0 Å². The molecule has 7 aromatic carbocycles. The highest BCUT2D eigenvalue weighted by Crippen LogP contribution is 2.38. The highest BCUT2D eigenvalue weighted by Gasteiger charge is 2.13. The van der Waals surface area contributed by atoms with Gasteiger partial charge in [0.25, 0.3) is 0 Å². The molecular formula is C37H22N2. The summed E-state index contributed by atoms with van der Waals surface area (Å²) in [4.78, 5) is 0. The summed E-state index contributed by atoms with van der Waals surface area (Å²) in [7, 11) is 0. The first-order valence-corrected chi connectivity index (χ1v) is 13.2. The third kappa shape index (κ3) is 3.21. The zero-order chi connectivity index (χ0) is 25.9. The number of benzene rings is 7. The third-order valence-electron chi connectivity index (χ3n) is 8.01. The summed E-state index contributed by atoms with van der Waals surface area (Å²) in [6.07, 6.45) is 0. The second kappa shape index (κ2) is 8.31. The van der Waals surface area contributed by atoms with Gasteiger partial charge in [-0.25, -0.2) is 0 Å². The Hall–Kier alpha value is -5.39. The molecule has 1 aromatic heterocycles. The van der Waals surface area contributed by atoms with Crippen molar-refractivity contribution in [3.05, 3.63) is 139 Å². The molecule has 1 heterocycles. The van der Waals surface area contributed by atoms with Crippen LogP contribution in [0.1, 0.15) is 5.56 Å². The van der Waals surface area contributed by atoms with Crippen molar-refractivity contribution in [2.24, 2.45) is 0 Å². The summed E-state index contributed by atoms with van der Waals surface area (Å²) in [6.45, 7) is 0. The molecule has 0 saturated carbocycles. The summed E-state index contributed by atoms with van der Waals surface area (Å²) in [6, 6.07) is 49.7. The first-order valence-electron chi connectivity index (χ1n) is 13.2. The van der Waals surface area contributed by atoms with Gasteiger partial charge in [-0.1, -0.05) is 97.1 Å². The monoisotopic (exact) mass is 494 g/mol. The zero-order valence-electron chi connectivity index (χ0n) is 21.1. The number of aromatic nitrogens is 1. The first-order chi connectivity index (χ1) is 19.3. The minimum absolute atomic E-state index is 0.666. The normalized spacial score (nSPS) is 11.6. The van der Waals surface area contributed by atoms with E-state index in [-0.39, 0.29) is 0 Å². The Bertz CT molecular complexity index is 2240. The smallest absolute Gasteiger partial charge is 0.0992 e. The Morgan fingerprint density at radius 2 is 0.923 bits per heavy atom. The molecule has 0 aliphatic carbocycles. The van der Waals surface area contributed by atoms with E-state index in [1.807, 2.05) is 12.1 Å². The van der Waals surface area contributed by atoms with E-state index in [0.717, 1.165) is 22.1 Å². The standard InChI is InChI=1S/C37H22N2/c38-23-24-13-19-34-33-11-5-6-12-36(33)39(37(34)21-24)27-17-14-25(15-18-27)26-16-20-32-30-9-2-1-7-28(30)29-8-3-4-10-31(29)35(32)22-26/h1-22H. The average molecular weight is 495 g/mol. The molecule has 0 amide bonds. The van der Waals surface area contributed by atoms with E-state index in [0.29, 0.717) is 5.56 Å². The van der Waals surface area contributed by atoms with E-state index in [1.165, 1.54) is 48.8 Å². The van der Waals surface area contributed by atoms with Crippen molar-refractivity contribution in [1.82, 2.24) is 4.57 Å². The van der Waals surface area contributed by atoms with Crippen LogP contribution in [0.15, 0.2) is 133 Å². The molecule has 0 unspecified atom stereocenters. The van der Waals surface area contributed by atoms with Crippen LogP contribution in [0.4, 0.5) is 0 Å². The van der Waals surface area contributed by atoms with Gasteiger partial charge in [0.15, 0.2) is 0 Å². The lowest BCUT2D eigenvalue weighted by Gasteiger charge is -2.13. The predicted octanol–water partition coefficient (Wildman–Crippen LogP) is 9.78. The Balaban J connectivity index is 1.31. The SMILES string of the molecule is N#Cc1ccc2c3ccccc3n(-c3ccc(-c4ccc5c6ccccc6c6ccccc6c5c4)cc3)c2c1. The van der Waals surface area contributed by atoms with Crippen molar-refractivity contribution in [1.29, 1.82) is 5.26 Å². The summed E-state index contributed by atoms with van der Waals surface area (Å²) >= 11 is 0. The minimum Gasteiger partial charge on any atom is -0.309 e. The Labute approximate surface area is 225 Å². The Morgan fingerprint density at radius 3 is 1.59 bits per heavy atom. The molecule has 2 heteroatoms. The molecule has 0 aliphatic rings. The molecule has 180 valence electrons. The van der Waals surface area contributed by atoms with Crippen LogP contribution in [0, 0.1) is 11.3 Å². The van der Waals surface area contributed by atoms with Gasteiger partial charge < -0.3 is 4.57 Å². The summed E-state index contributed by atoms with van der Waals surface area (Å²) < 4.78 is 2.26. The van der Waals surface area contributed by atoms with E-state index in [2.05, 4.69) is 132 Å². The maximum Gasteiger partial charge on any atom is 0.0992 e. The van der Waals surface area contributed by atoms with Gasteiger partial charge in [0, 0.05) is 16.5 Å². The molecule has 2 nitrogen and oxygen atoms in total. The van der Waals surface area contributed by atoms with E-state index in [4.69, 9.17) is 0 Å². The minimum atomic E-state index is 0.666. The molecular weight excluding hydrogens is 472 g/mol. The van der Waals surface area contributed by atoms with Crippen LogP contribution in [-0.4, -0.2) is 4.57 Å². The largest absolute Gasteiger partial charge is 0.309 e. The fourth-order valence-corrected chi connectivity index (χ4v) is 6.21. The van der Waals surface area contributed by atoms with Crippen molar-refractivity contribution in [3.8, 4) is 22.9 Å². The second-order valence-corrected chi connectivity index (χ2v) is 10.1. The fourth-order valence-electron chi connectivity index (χ4n) is 6.21. The fraction of sp³-hybridized carbons (Fsp3) is 0. The van der Waals surface area contributed by atoms with Crippen molar-refractivity contribution >= 4 is 54.1 Å². The third-order valence-corrected chi connectivity index (χ3v) is 8.01. The van der Waals surface area contributed by atoms with E-state index < -0.39 is 0 Å². The van der Waals surface area contributed by atoms with Gasteiger partial charge in [0.1, 0.15) is 0 Å². The summed E-state index contributed by atoms with van der Waals surface area (Å²) in [5.74, 6) is 0. The molecule has 0 atom stereocenters. The van der Waals surface area contributed by atoms with Crippen LogP contribution >= 0.6 is 0 Å². The Morgan fingerprint density at radius 1 is 0.410 bits per heavy atom. The molecule has 0 fully saturated rings. The number of hydrogen-bond donors (Lipinski definition) is 0. The predicted molar refractivity (Wildman–Crippen MR) is 163 cm³/mol. The van der Waals surface area contributed by atoms with Gasteiger partial charge in [0.2, 0.25) is 0 Å². The van der Waals surface area contributed by atoms with Gasteiger partial charge >= 0.3 is 0 Å². The number of para-hydroxylation sites is 1. The van der Waals surface area contributed by atoms with E-state index in [9.17, 15) is 5.26 Å². The van der Waals surface area contributed by atoms with Crippen LogP contribution in [0.25, 0.3) is 70.9 Å². The lowest BCUT2D eigenvalue weighted by molar-refractivity contribution is 1.18. The van der Waals surface area contributed by atoms with Gasteiger partial charge in [0.05, 0.1) is 22.7 Å². The zero-order valence-corrected chi connectivity index (χ0v) is 21.1. The number of nitriles is 1. The molecule has 0 N–H and O–H groups in total. The molecule has 0 radical (unpaired) electrons. The van der Waals surface area contributed by atoms with Gasteiger partial charge in [-0.2, -0.15) is 5.26 Å². The van der Waals surface area contributed by atoms with Crippen LogP contribution in [0.2, 0.25) is 0 Å². The summed E-state index contributed by atoms with van der Waals surface area (Å²) in [5.41, 5.74) is 6.31. The summed E-state index contributed by atoms with van der Waals surface area (Å²) in [5, 5.41) is 19.6. The quantitative estimate of drug-likeness (QED) is 0.220. The van der Waals surface area contributed by atoms with Gasteiger partial charge in [-0.3, -0.25) is 0 Å². The molecule has 39 heavy (non-hydrogen) atoms. The molecule has 8 aromatic rings. The maximum atomic E-state index is 9.54. The van der Waals surface area contributed by atoms with E-state index >= 15 is 0 Å². The number of hydrogen-bond acceptors (Lipinski definition) is 1. The molecule has 0 spiro atoms. The van der Waals surface area contributed by atoms with Gasteiger partial charge in [-0.15, -0.1) is 0 Å². The topological polar surface area (TPSA) is 28.7 Å². The lowest BCUT2D eigenvalue weighted by Crippen LogP contribution is -1.94. The van der Waals surface area contributed by atoms with Crippen molar-refractivity contribution in [2.75, 3.05) is 0 Å². The number of fused-ring (bicyclic) bond motifs is 9. The lowest BCUT2D eigenvalue weighted by atomic mass is 9.92.